The van der Waals surface area contributed by atoms with Crippen molar-refractivity contribution in [1.29, 1.82) is 0 Å². The highest BCUT2D eigenvalue weighted by atomic mass is 16.5. The highest BCUT2D eigenvalue weighted by molar-refractivity contribution is 6.04. The van der Waals surface area contributed by atoms with E-state index in [1.807, 2.05) is 26.0 Å². The number of rotatable bonds is 5. The first-order valence-corrected chi connectivity index (χ1v) is 7.03. The van der Waals surface area contributed by atoms with Gasteiger partial charge in [-0.2, -0.15) is 5.10 Å². The van der Waals surface area contributed by atoms with E-state index < -0.39 is 0 Å². The van der Waals surface area contributed by atoms with Crippen LogP contribution in [0.4, 0.5) is 5.69 Å². The highest BCUT2D eigenvalue weighted by Crippen LogP contribution is 2.18. The number of benzene rings is 1. The average Bonchev–Trinajstić information content (AvgIpc) is 2.77. The summed E-state index contributed by atoms with van der Waals surface area (Å²) in [4.78, 5) is 12.2. The molecule has 0 atom stereocenters. The van der Waals surface area contributed by atoms with E-state index in [0.717, 1.165) is 22.8 Å². The predicted molar refractivity (Wildman–Crippen MR) is 82.8 cm³/mol. The number of aromatic nitrogens is 2. The second-order valence-electron chi connectivity index (χ2n) is 5.49. The second kappa shape index (κ2) is 6.43. The smallest absolute Gasteiger partial charge is 0.255 e. The molecule has 0 saturated carbocycles. The van der Waals surface area contributed by atoms with Gasteiger partial charge < -0.3 is 10.1 Å². The number of nitrogens with zero attached hydrogens (tertiary/aromatic N) is 1. The number of aryl methyl sites for hydroxylation is 2. The van der Waals surface area contributed by atoms with Crippen molar-refractivity contribution < 1.29 is 9.53 Å². The molecule has 0 aliphatic heterocycles. The van der Waals surface area contributed by atoms with Crippen LogP contribution in [-0.4, -0.2) is 22.7 Å². The highest BCUT2D eigenvalue weighted by Gasteiger charge is 2.12. The largest absolute Gasteiger partial charge is 0.493 e. The summed E-state index contributed by atoms with van der Waals surface area (Å²) in [5, 5.41) is 9.77. The van der Waals surface area contributed by atoms with E-state index in [1.165, 1.54) is 0 Å². The molecule has 1 aromatic carbocycles. The molecular weight excluding hydrogens is 266 g/mol. The lowest BCUT2D eigenvalue weighted by atomic mass is 10.2. The van der Waals surface area contributed by atoms with Crippen LogP contribution in [0.15, 0.2) is 24.3 Å². The standard InChI is InChI=1S/C16H21N3O2/c1-10(2)9-21-14-7-5-13(6-8-14)16(20)17-15-11(3)18-19-12(15)4/h5-8,10H,9H2,1-4H3,(H,17,20)(H,18,19). The van der Waals surface area contributed by atoms with Gasteiger partial charge >= 0.3 is 0 Å². The van der Waals surface area contributed by atoms with Crippen molar-refractivity contribution in [3.63, 3.8) is 0 Å². The van der Waals surface area contributed by atoms with Gasteiger partial charge in [0.05, 0.1) is 23.7 Å². The molecule has 0 bridgehead atoms. The van der Waals surface area contributed by atoms with Gasteiger partial charge in [-0.25, -0.2) is 0 Å². The van der Waals surface area contributed by atoms with E-state index in [2.05, 4.69) is 29.4 Å². The molecule has 0 aliphatic rings. The summed E-state index contributed by atoms with van der Waals surface area (Å²) in [6.07, 6.45) is 0. The van der Waals surface area contributed by atoms with Crippen LogP contribution in [0.5, 0.6) is 5.75 Å². The fourth-order valence-corrected chi connectivity index (χ4v) is 1.89. The number of carbonyl (C=O) groups is 1. The molecule has 2 rings (SSSR count). The molecule has 2 aromatic rings. The monoisotopic (exact) mass is 287 g/mol. The Morgan fingerprint density at radius 3 is 2.48 bits per heavy atom. The molecule has 21 heavy (non-hydrogen) atoms. The predicted octanol–water partition coefficient (Wildman–Crippen LogP) is 3.31. The molecule has 1 amide bonds. The molecule has 0 saturated heterocycles. The lowest BCUT2D eigenvalue weighted by Gasteiger charge is -2.09. The van der Waals surface area contributed by atoms with Crippen molar-refractivity contribution in [2.75, 3.05) is 11.9 Å². The minimum Gasteiger partial charge on any atom is -0.493 e. The zero-order valence-corrected chi connectivity index (χ0v) is 12.9. The Morgan fingerprint density at radius 2 is 1.95 bits per heavy atom. The van der Waals surface area contributed by atoms with Gasteiger partial charge in [0.2, 0.25) is 0 Å². The lowest BCUT2D eigenvalue weighted by molar-refractivity contribution is 0.102. The molecule has 112 valence electrons. The molecule has 0 unspecified atom stereocenters. The Morgan fingerprint density at radius 1 is 1.29 bits per heavy atom. The Labute approximate surface area is 124 Å². The van der Waals surface area contributed by atoms with Gasteiger partial charge in [-0.15, -0.1) is 0 Å². The number of carbonyl (C=O) groups excluding carboxylic acids is 1. The van der Waals surface area contributed by atoms with E-state index in [1.54, 1.807) is 12.1 Å². The summed E-state index contributed by atoms with van der Waals surface area (Å²) < 4.78 is 5.60. The third-order valence-corrected chi connectivity index (χ3v) is 3.07. The number of H-pyrrole nitrogens is 1. The molecule has 1 heterocycles. The normalized spacial score (nSPS) is 10.7. The van der Waals surface area contributed by atoms with Crippen LogP contribution in [0.2, 0.25) is 0 Å². The summed E-state index contributed by atoms with van der Waals surface area (Å²) in [5.74, 6) is 1.09. The molecule has 2 N–H and O–H groups in total. The third-order valence-electron chi connectivity index (χ3n) is 3.07. The van der Waals surface area contributed by atoms with E-state index in [9.17, 15) is 4.79 Å². The number of nitrogens with one attached hydrogen (secondary N) is 2. The third kappa shape index (κ3) is 3.84. The lowest BCUT2D eigenvalue weighted by Crippen LogP contribution is -2.13. The number of hydrogen-bond acceptors (Lipinski definition) is 3. The number of ether oxygens (including phenoxy) is 1. The quantitative estimate of drug-likeness (QED) is 0.886. The summed E-state index contributed by atoms with van der Waals surface area (Å²) in [5.41, 5.74) is 2.95. The maximum Gasteiger partial charge on any atom is 0.255 e. The minimum absolute atomic E-state index is 0.155. The molecule has 0 radical (unpaired) electrons. The van der Waals surface area contributed by atoms with E-state index in [0.29, 0.717) is 18.1 Å². The van der Waals surface area contributed by atoms with Gasteiger partial charge in [0.1, 0.15) is 5.75 Å². The molecule has 5 nitrogen and oxygen atoms in total. The van der Waals surface area contributed by atoms with Gasteiger partial charge in [0, 0.05) is 5.56 Å². The second-order valence-corrected chi connectivity index (χ2v) is 5.49. The minimum atomic E-state index is -0.155. The molecule has 5 heteroatoms. The molecule has 0 fully saturated rings. The van der Waals surface area contributed by atoms with Gasteiger partial charge in [-0.1, -0.05) is 13.8 Å². The fraction of sp³-hybridized carbons (Fsp3) is 0.375. The Hall–Kier alpha value is -2.30. The van der Waals surface area contributed by atoms with Gasteiger partial charge in [-0.05, 0) is 44.0 Å². The Balaban J connectivity index is 2.03. The summed E-state index contributed by atoms with van der Waals surface area (Å²) >= 11 is 0. The van der Waals surface area contributed by atoms with Crippen molar-refractivity contribution in [1.82, 2.24) is 10.2 Å². The van der Waals surface area contributed by atoms with Crippen LogP contribution in [0.1, 0.15) is 35.6 Å². The number of anilines is 1. The van der Waals surface area contributed by atoms with Crippen LogP contribution in [-0.2, 0) is 0 Å². The van der Waals surface area contributed by atoms with Crippen LogP contribution >= 0.6 is 0 Å². The first-order valence-electron chi connectivity index (χ1n) is 7.03. The maximum absolute atomic E-state index is 12.2. The van der Waals surface area contributed by atoms with Crippen molar-refractivity contribution in [3.8, 4) is 5.75 Å². The van der Waals surface area contributed by atoms with E-state index >= 15 is 0 Å². The van der Waals surface area contributed by atoms with Crippen LogP contribution in [0.25, 0.3) is 0 Å². The molecular formula is C16H21N3O2. The number of amides is 1. The van der Waals surface area contributed by atoms with Crippen molar-refractivity contribution in [2.45, 2.75) is 27.7 Å². The summed E-state index contributed by atoms with van der Waals surface area (Å²) in [6, 6.07) is 7.14. The van der Waals surface area contributed by atoms with Gasteiger partial charge in [0.15, 0.2) is 0 Å². The zero-order valence-electron chi connectivity index (χ0n) is 12.9. The van der Waals surface area contributed by atoms with Crippen LogP contribution in [0, 0.1) is 19.8 Å². The molecule has 0 spiro atoms. The average molecular weight is 287 g/mol. The van der Waals surface area contributed by atoms with E-state index in [-0.39, 0.29) is 5.91 Å². The van der Waals surface area contributed by atoms with Crippen LogP contribution in [0.3, 0.4) is 0 Å². The van der Waals surface area contributed by atoms with Crippen LogP contribution < -0.4 is 10.1 Å². The van der Waals surface area contributed by atoms with Crippen molar-refractivity contribution in [2.24, 2.45) is 5.92 Å². The van der Waals surface area contributed by atoms with Crippen molar-refractivity contribution >= 4 is 11.6 Å². The van der Waals surface area contributed by atoms with Gasteiger partial charge in [-0.3, -0.25) is 9.89 Å². The van der Waals surface area contributed by atoms with Crippen molar-refractivity contribution in [3.05, 3.63) is 41.2 Å². The number of hydrogen-bond donors (Lipinski definition) is 2. The zero-order chi connectivity index (χ0) is 15.4. The summed E-state index contributed by atoms with van der Waals surface area (Å²) in [6.45, 7) is 8.58. The topological polar surface area (TPSA) is 67.0 Å². The summed E-state index contributed by atoms with van der Waals surface area (Å²) in [7, 11) is 0. The van der Waals surface area contributed by atoms with Gasteiger partial charge in [0.25, 0.3) is 5.91 Å². The first kappa shape index (κ1) is 15.1. The SMILES string of the molecule is Cc1n[nH]c(C)c1NC(=O)c1ccc(OCC(C)C)cc1. The molecule has 1 aromatic heterocycles. The fourth-order valence-electron chi connectivity index (χ4n) is 1.89. The molecule has 0 aliphatic carbocycles. The Bertz CT molecular complexity index is 595. The first-order chi connectivity index (χ1) is 9.97. The number of aromatic amines is 1. The van der Waals surface area contributed by atoms with E-state index in [4.69, 9.17) is 4.74 Å². The maximum atomic E-state index is 12.2. The Kier molecular flexibility index (Phi) is 4.62.